The number of rotatable bonds is 2. The molecule has 0 saturated heterocycles. The highest BCUT2D eigenvalue weighted by Gasteiger charge is 2.05. The second-order valence-electron chi connectivity index (χ2n) is 4.01. The van der Waals surface area contributed by atoms with E-state index in [9.17, 15) is 0 Å². The molecule has 2 aromatic heterocycles. The van der Waals surface area contributed by atoms with Crippen LogP contribution in [-0.2, 0) is 0 Å². The zero-order valence-electron chi connectivity index (χ0n) is 9.77. The van der Waals surface area contributed by atoms with Crippen LogP contribution in [-0.4, -0.2) is 9.97 Å². The number of halogens is 2. The number of anilines is 2. The topological polar surface area (TPSA) is 37.8 Å². The third kappa shape index (κ3) is 2.55. The number of nitrogens with one attached hydrogen (secondary N) is 1. The predicted molar refractivity (Wildman–Crippen MR) is 82.0 cm³/mol. The number of pyridine rings is 2. The Bertz CT molecular complexity index is 740. The maximum Gasteiger partial charge on any atom is 0.144 e. The van der Waals surface area contributed by atoms with Gasteiger partial charge in [0.1, 0.15) is 5.82 Å². The minimum atomic E-state index is 0.597. The van der Waals surface area contributed by atoms with Gasteiger partial charge in [0.25, 0.3) is 0 Å². The van der Waals surface area contributed by atoms with Crippen molar-refractivity contribution in [3.63, 3.8) is 0 Å². The summed E-state index contributed by atoms with van der Waals surface area (Å²) in [6.07, 6.45) is 5.23. The van der Waals surface area contributed by atoms with E-state index >= 15 is 0 Å². The molecule has 0 saturated carbocycles. The van der Waals surface area contributed by atoms with Crippen LogP contribution in [0.2, 0.25) is 5.02 Å². The molecule has 0 amide bonds. The highest BCUT2D eigenvalue weighted by Crippen LogP contribution is 2.29. The van der Waals surface area contributed by atoms with Crippen molar-refractivity contribution in [3.8, 4) is 0 Å². The second-order valence-corrected chi connectivity index (χ2v) is 5.30. The largest absolute Gasteiger partial charge is 0.339 e. The molecule has 0 unspecified atom stereocenters. The van der Waals surface area contributed by atoms with Crippen LogP contribution in [0.3, 0.4) is 0 Å². The lowest BCUT2D eigenvalue weighted by molar-refractivity contribution is 1.29. The van der Waals surface area contributed by atoms with Crippen molar-refractivity contribution >= 4 is 49.8 Å². The average molecular weight is 335 g/mol. The Kier molecular flexibility index (Phi) is 3.36. The Labute approximate surface area is 123 Å². The van der Waals surface area contributed by atoms with E-state index in [2.05, 4.69) is 31.2 Å². The number of benzene rings is 1. The van der Waals surface area contributed by atoms with Crippen molar-refractivity contribution in [2.75, 3.05) is 5.32 Å². The van der Waals surface area contributed by atoms with Crippen LogP contribution < -0.4 is 5.32 Å². The molecule has 0 aliphatic carbocycles. The first-order valence-electron chi connectivity index (χ1n) is 5.65. The second kappa shape index (κ2) is 5.15. The molecular formula is C14H9BrClN3. The van der Waals surface area contributed by atoms with E-state index in [4.69, 9.17) is 11.6 Å². The van der Waals surface area contributed by atoms with E-state index in [1.165, 1.54) is 0 Å². The predicted octanol–water partition coefficient (Wildman–Crippen LogP) is 4.79. The van der Waals surface area contributed by atoms with E-state index in [1.54, 1.807) is 12.4 Å². The first kappa shape index (κ1) is 12.4. The van der Waals surface area contributed by atoms with Gasteiger partial charge in [0, 0.05) is 35.1 Å². The molecule has 3 aromatic rings. The molecule has 0 bridgehead atoms. The fourth-order valence-electron chi connectivity index (χ4n) is 1.87. The van der Waals surface area contributed by atoms with Gasteiger partial charge in [0.05, 0.1) is 9.50 Å². The summed E-state index contributed by atoms with van der Waals surface area (Å²) < 4.78 is 0.825. The van der Waals surface area contributed by atoms with Gasteiger partial charge in [-0.15, -0.1) is 0 Å². The highest BCUT2D eigenvalue weighted by molar-refractivity contribution is 9.10. The van der Waals surface area contributed by atoms with Crippen molar-refractivity contribution in [1.29, 1.82) is 0 Å². The Balaban J connectivity index is 2.06. The first-order valence-corrected chi connectivity index (χ1v) is 6.82. The van der Waals surface area contributed by atoms with Crippen LogP contribution >= 0.6 is 27.5 Å². The number of hydrogen-bond acceptors (Lipinski definition) is 3. The molecule has 3 nitrogen and oxygen atoms in total. The van der Waals surface area contributed by atoms with E-state index in [-0.39, 0.29) is 0 Å². The van der Waals surface area contributed by atoms with Crippen LogP contribution in [0.1, 0.15) is 0 Å². The maximum absolute atomic E-state index is 5.89. The summed E-state index contributed by atoms with van der Waals surface area (Å²) in [6, 6.07) is 9.80. The summed E-state index contributed by atoms with van der Waals surface area (Å²) in [5.74, 6) is 0.730. The number of nitrogens with zero attached hydrogens (tertiary/aromatic N) is 2. The third-order valence-electron chi connectivity index (χ3n) is 2.74. The van der Waals surface area contributed by atoms with E-state index < -0.39 is 0 Å². The molecule has 5 heteroatoms. The lowest BCUT2D eigenvalue weighted by atomic mass is 10.1. The van der Waals surface area contributed by atoms with Crippen LogP contribution in [0.4, 0.5) is 11.5 Å². The molecule has 94 valence electrons. The molecule has 2 heterocycles. The SMILES string of the molecule is Clc1cnc(Nc2cccc3cnccc23)c(Br)c1. The summed E-state index contributed by atoms with van der Waals surface area (Å²) in [5.41, 5.74) is 0.982. The highest BCUT2D eigenvalue weighted by atomic mass is 79.9. The van der Waals surface area contributed by atoms with Gasteiger partial charge in [-0.05, 0) is 34.1 Å². The molecule has 0 spiro atoms. The minimum Gasteiger partial charge on any atom is -0.339 e. The van der Waals surface area contributed by atoms with Gasteiger partial charge >= 0.3 is 0 Å². The molecule has 0 aliphatic rings. The minimum absolute atomic E-state index is 0.597. The van der Waals surface area contributed by atoms with Crippen molar-refractivity contribution in [1.82, 2.24) is 9.97 Å². The quantitative estimate of drug-likeness (QED) is 0.732. The molecule has 0 atom stereocenters. The van der Waals surface area contributed by atoms with Crippen LogP contribution in [0, 0.1) is 0 Å². The van der Waals surface area contributed by atoms with Crippen molar-refractivity contribution in [3.05, 3.63) is 58.4 Å². The van der Waals surface area contributed by atoms with Crippen molar-refractivity contribution < 1.29 is 0 Å². The summed E-state index contributed by atoms with van der Waals surface area (Å²) in [5, 5.41) is 6.07. The molecule has 1 aromatic carbocycles. The van der Waals surface area contributed by atoms with Crippen molar-refractivity contribution in [2.24, 2.45) is 0 Å². The maximum atomic E-state index is 5.89. The monoisotopic (exact) mass is 333 g/mol. The normalized spacial score (nSPS) is 10.6. The fourth-order valence-corrected chi connectivity index (χ4v) is 2.60. The smallest absolute Gasteiger partial charge is 0.144 e. The van der Waals surface area contributed by atoms with E-state index in [0.29, 0.717) is 5.02 Å². The zero-order chi connectivity index (χ0) is 13.2. The standard InChI is InChI=1S/C14H9BrClN3/c15-12-6-10(16)8-18-14(12)19-13-3-1-2-9-7-17-5-4-11(9)13/h1-8H,(H,18,19). The number of aromatic nitrogens is 2. The molecule has 0 fully saturated rings. The Morgan fingerprint density at radius 1 is 1.16 bits per heavy atom. The summed E-state index contributed by atoms with van der Waals surface area (Å²) in [6.45, 7) is 0. The summed E-state index contributed by atoms with van der Waals surface area (Å²) >= 11 is 9.33. The average Bonchev–Trinajstić information content (AvgIpc) is 2.42. The van der Waals surface area contributed by atoms with Gasteiger partial charge < -0.3 is 5.32 Å². The van der Waals surface area contributed by atoms with Gasteiger partial charge in [-0.3, -0.25) is 4.98 Å². The van der Waals surface area contributed by atoms with Gasteiger partial charge in [0.15, 0.2) is 0 Å². The lowest BCUT2D eigenvalue weighted by Gasteiger charge is -2.10. The third-order valence-corrected chi connectivity index (χ3v) is 3.55. The molecule has 0 aliphatic heterocycles. The molecule has 3 rings (SSSR count). The zero-order valence-corrected chi connectivity index (χ0v) is 12.1. The summed E-state index contributed by atoms with van der Waals surface area (Å²) in [7, 11) is 0. The Morgan fingerprint density at radius 2 is 2.05 bits per heavy atom. The molecule has 0 radical (unpaired) electrons. The van der Waals surface area contributed by atoms with Gasteiger partial charge in [-0.2, -0.15) is 0 Å². The lowest BCUT2D eigenvalue weighted by Crippen LogP contribution is -1.95. The number of fused-ring (bicyclic) bond motifs is 1. The van der Waals surface area contributed by atoms with Gasteiger partial charge in [-0.25, -0.2) is 4.98 Å². The number of hydrogen-bond donors (Lipinski definition) is 1. The Morgan fingerprint density at radius 3 is 2.89 bits per heavy atom. The van der Waals surface area contributed by atoms with Crippen LogP contribution in [0.15, 0.2) is 53.4 Å². The van der Waals surface area contributed by atoms with Gasteiger partial charge in [0.2, 0.25) is 0 Å². The molecular weight excluding hydrogens is 326 g/mol. The molecule has 19 heavy (non-hydrogen) atoms. The summed E-state index contributed by atoms with van der Waals surface area (Å²) in [4.78, 5) is 8.39. The van der Waals surface area contributed by atoms with Crippen LogP contribution in [0.5, 0.6) is 0 Å². The van der Waals surface area contributed by atoms with E-state index in [0.717, 1.165) is 26.8 Å². The fraction of sp³-hybridized carbons (Fsp3) is 0. The first-order chi connectivity index (χ1) is 9.24. The Hall–Kier alpha value is -1.65. The van der Waals surface area contributed by atoms with Crippen LogP contribution in [0.25, 0.3) is 10.8 Å². The van der Waals surface area contributed by atoms with Gasteiger partial charge in [-0.1, -0.05) is 23.7 Å². The van der Waals surface area contributed by atoms with E-state index in [1.807, 2.05) is 36.5 Å². The van der Waals surface area contributed by atoms with Crippen molar-refractivity contribution in [2.45, 2.75) is 0 Å². The molecule has 1 N–H and O–H groups in total.